The number of nitrogens with two attached hydrogens (primary N) is 1. The van der Waals surface area contributed by atoms with Crippen LogP contribution in [-0.2, 0) is 4.79 Å². The van der Waals surface area contributed by atoms with Gasteiger partial charge in [0, 0.05) is 12.5 Å². The minimum atomic E-state index is -0.623. The van der Waals surface area contributed by atoms with Crippen LogP contribution in [0.15, 0.2) is 24.3 Å². The molecule has 6 heteroatoms. The minimum absolute atomic E-state index is 0.198. The third kappa shape index (κ3) is 2.80. The van der Waals surface area contributed by atoms with Crippen molar-refractivity contribution in [2.75, 3.05) is 6.54 Å². The fourth-order valence-corrected chi connectivity index (χ4v) is 2.12. The van der Waals surface area contributed by atoms with Crippen LogP contribution < -0.4 is 11.1 Å². The van der Waals surface area contributed by atoms with Crippen molar-refractivity contribution in [2.45, 2.75) is 19.9 Å². The van der Waals surface area contributed by atoms with Crippen LogP contribution >= 0.6 is 12.2 Å². The number of carbonyl (C=O) groups excluding carboxylic acids is 2. The van der Waals surface area contributed by atoms with Gasteiger partial charge in [-0.25, -0.2) is 4.79 Å². The summed E-state index contributed by atoms with van der Waals surface area (Å²) in [6.07, 6.45) is 0. The largest absolute Gasteiger partial charge is 0.393 e. The third-order valence-electron chi connectivity index (χ3n) is 3.38. The number of carbonyl (C=O) groups is 2. The van der Waals surface area contributed by atoms with Crippen molar-refractivity contribution in [1.29, 1.82) is 0 Å². The molecule has 20 heavy (non-hydrogen) atoms. The first-order valence-electron chi connectivity index (χ1n) is 6.38. The van der Waals surface area contributed by atoms with Crippen molar-refractivity contribution in [3.8, 4) is 0 Å². The number of hydrogen-bond acceptors (Lipinski definition) is 3. The van der Waals surface area contributed by atoms with Crippen molar-refractivity contribution in [3.63, 3.8) is 0 Å². The zero-order valence-corrected chi connectivity index (χ0v) is 12.2. The Morgan fingerprint density at radius 1 is 1.40 bits per heavy atom. The number of amides is 3. The van der Waals surface area contributed by atoms with Gasteiger partial charge in [0.1, 0.15) is 6.04 Å². The summed E-state index contributed by atoms with van der Waals surface area (Å²) in [6, 6.07) is 6.49. The van der Waals surface area contributed by atoms with E-state index in [0.29, 0.717) is 4.99 Å². The van der Waals surface area contributed by atoms with E-state index in [2.05, 4.69) is 5.32 Å². The first kappa shape index (κ1) is 14.5. The summed E-state index contributed by atoms with van der Waals surface area (Å²) in [6.45, 7) is 3.97. The molecule has 2 unspecified atom stereocenters. The van der Waals surface area contributed by atoms with Crippen LogP contribution in [0.1, 0.15) is 24.1 Å². The predicted octanol–water partition coefficient (Wildman–Crippen LogP) is 1.51. The Balaban J connectivity index is 2.16. The second-order valence-corrected chi connectivity index (χ2v) is 5.52. The number of aryl methyl sites for hydroxylation is 1. The molecule has 0 bridgehead atoms. The number of imide groups is 1. The molecule has 0 radical (unpaired) electrons. The average Bonchev–Trinajstić information content (AvgIpc) is 2.67. The molecule has 1 aliphatic heterocycles. The SMILES string of the molecule is Cc1ccc(C2NC(=O)N(CC(C)C(N)=S)C2=O)cc1. The number of benzene rings is 1. The fraction of sp³-hybridized carbons (Fsp3) is 0.357. The van der Waals surface area contributed by atoms with Gasteiger partial charge >= 0.3 is 6.03 Å². The van der Waals surface area contributed by atoms with Gasteiger partial charge in [0.2, 0.25) is 0 Å². The highest BCUT2D eigenvalue weighted by atomic mass is 32.1. The smallest absolute Gasteiger partial charge is 0.325 e. The van der Waals surface area contributed by atoms with E-state index in [1.165, 1.54) is 4.90 Å². The number of thiocarbonyl (C=S) groups is 1. The van der Waals surface area contributed by atoms with Gasteiger partial charge in [0.25, 0.3) is 5.91 Å². The Bertz CT molecular complexity index is 556. The lowest BCUT2D eigenvalue weighted by molar-refractivity contribution is -0.127. The molecule has 1 aromatic rings. The first-order valence-corrected chi connectivity index (χ1v) is 6.78. The summed E-state index contributed by atoms with van der Waals surface area (Å²) in [5, 5.41) is 2.69. The van der Waals surface area contributed by atoms with Crippen molar-refractivity contribution in [3.05, 3.63) is 35.4 Å². The van der Waals surface area contributed by atoms with Crippen molar-refractivity contribution in [1.82, 2.24) is 10.2 Å². The molecule has 0 aliphatic carbocycles. The number of nitrogens with zero attached hydrogens (tertiary/aromatic N) is 1. The van der Waals surface area contributed by atoms with Crippen LogP contribution in [0, 0.1) is 12.8 Å². The lowest BCUT2D eigenvalue weighted by Crippen LogP contribution is -2.38. The predicted molar refractivity (Wildman–Crippen MR) is 80.1 cm³/mol. The summed E-state index contributed by atoms with van der Waals surface area (Å²) in [5.41, 5.74) is 7.41. The molecule has 0 aromatic heterocycles. The normalized spacial score (nSPS) is 19.9. The van der Waals surface area contributed by atoms with Gasteiger partial charge in [-0.15, -0.1) is 0 Å². The van der Waals surface area contributed by atoms with Gasteiger partial charge in [0.15, 0.2) is 0 Å². The highest BCUT2D eigenvalue weighted by molar-refractivity contribution is 7.80. The van der Waals surface area contributed by atoms with Gasteiger partial charge in [-0.3, -0.25) is 9.69 Å². The van der Waals surface area contributed by atoms with E-state index in [0.717, 1.165) is 11.1 Å². The Hall–Kier alpha value is -1.95. The molecule has 1 saturated heterocycles. The van der Waals surface area contributed by atoms with Gasteiger partial charge in [-0.05, 0) is 12.5 Å². The van der Waals surface area contributed by atoms with Gasteiger partial charge in [-0.1, -0.05) is 49.0 Å². The van der Waals surface area contributed by atoms with E-state index in [1.54, 1.807) is 6.92 Å². The molecule has 1 heterocycles. The highest BCUT2D eigenvalue weighted by Gasteiger charge is 2.39. The van der Waals surface area contributed by atoms with Crippen molar-refractivity contribution >= 4 is 29.1 Å². The van der Waals surface area contributed by atoms with Crippen LogP contribution in [0.2, 0.25) is 0 Å². The summed E-state index contributed by atoms with van der Waals surface area (Å²) in [4.78, 5) is 25.7. The molecule has 2 atom stereocenters. The van der Waals surface area contributed by atoms with Gasteiger partial charge in [0.05, 0.1) is 4.99 Å². The second-order valence-electron chi connectivity index (χ2n) is 5.05. The van der Waals surface area contributed by atoms with E-state index < -0.39 is 12.1 Å². The van der Waals surface area contributed by atoms with Crippen LogP contribution in [-0.4, -0.2) is 28.4 Å². The molecular weight excluding hydrogens is 274 g/mol. The zero-order chi connectivity index (χ0) is 14.9. The first-order chi connectivity index (χ1) is 9.40. The van der Waals surface area contributed by atoms with E-state index in [-0.39, 0.29) is 18.4 Å². The summed E-state index contributed by atoms with van der Waals surface area (Å²) in [5.74, 6) is -0.460. The van der Waals surface area contributed by atoms with E-state index in [4.69, 9.17) is 18.0 Å². The van der Waals surface area contributed by atoms with Crippen molar-refractivity contribution in [2.24, 2.45) is 11.7 Å². The van der Waals surface area contributed by atoms with Crippen LogP contribution in [0.3, 0.4) is 0 Å². The highest BCUT2D eigenvalue weighted by Crippen LogP contribution is 2.23. The molecule has 0 spiro atoms. The maximum atomic E-state index is 12.3. The molecule has 0 saturated carbocycles. The molecular formula is C14H17N3O2S. The Kier molecular flexibility index (Phi) is 4.04. The Labute approximate surface area is 123 Å². The maximum absolute atomic E-state index is 12.3. The van der Waals surface area contributed by atoms with Crippen LogP contribution in [0.25, 0.3) is 0 Å². The average molecular weight is 291 g/mol. The minimum Gasteiger partial charge on any atom is -0.393 e. The summed E-state index contributed by atoms with van der Waals surface area (Å²) < 4.78 is 0. The van der Waals surface area contributed by atoms with E-state index >= 15 is 0 Å². The van der Waals surface area contributed by atoms with Gasteiger partial charge < -0.3 is 11.1 Å². The molecule has 3 amide bonds. The van der Waals surface area contributed by atoms with Crippen LogP contribution in [0.4, 0.5) is 4.79 Å². The van der Waals surface area contributed by atoms with Crippen molar-refractivity contribution < 1.29 is 9.59 Å². The van der Waals surface area contributed by atoms with E-state index in [9.17, 15) is 9.59 Å². The lowest BCUT2D eigenvalue weighted by atomic mass is 10.0. The van der Waals surface area contributed by atoms with E-state index in [1.807, 2.05) is 31.2 Å². The summed E-state index contributed by atoms with van der Waals surface area (Å²) >= 11 is 4.88. The quantitative estimate of drug-likeness (QED) is 0.651. The van der Waals surface area contributed by atoms with Gasteiger partial charge in [-0.2, -0.15) is 0 Å². The number of rotatable bonds is 4. The molecule has 106 valence electrons. The molecule has 1 aromatic carbocycles. The number of hydrogen-bond donors (Lipinski definition) is 2. The standard InChI is InChI=1S/C14H17N3O2S/c1-8-3-5-10(6-4-8)11-13(18)17(14(19)16-11)7-9(2)12(15)20/h3-6,9,11H,7H2,1-2H3,(H2,15,20)(H,16,19). The number of urea groups is 1. The molecule has 1 aliphatic rings. The van der Waals surface area contributed by atoms with Crippen LogP contribution in [0.5, 0.6) is 0 Å². The Morgan fingerprint density at radius 2 is 2.00 bits per heavy atom. The molecule has 5 nitrogen and oxygen atoms in total. The topological polar surface area (TPSA) is 75.4 Å². The zero-order valence-electron chi connectivity index (χ0n) is 11.4. The lowest BCUT2D eigenvalue weighted by Gasteiger charge is -2.17. The molecule has 2 rings (SSSR count). The second kappa shape index (κ2) is 5.58. The summed E-state index contributed by atoms with van der Waals surface area (Å²) in [7, 11) is 0. The maximum Gasteiger partial charge on any atom is 0.325 e. The molecule has 1 fully saturated rings. The Morgan fingerprint density at radius 3 is 2.55 bits per heavy atom. The molecule has 3 N–H and O–H groups in total. The fourth-order valence-electron chi connectivity index (χ4n) is 2.04. The number of nitrogens with one attached hydrogen (secondary N) is 1. The monoisotopic (exact) mass is 291 g/mol. The third-order valence-corrected chi connectivity index (χ3v) is 3.78.